The summed E-state index contributed by atoms with van der Waals surface area (Å²) in [4.78, 5) is 12.5. The van der Waals surface area contributed by atoms with Crippen LogP contribution in [0.2, 0.25) is 0 Å². The maximum Gasteiger partial charge on any atom is 0.317 e. The van der Waals surface area contributed by atoms with E-state index in [0.29, 0.717) is 12.6 Å². The molecule has 3 atom stereocenters. The molecule has 132 valence electrons. The Morgan fingerprint density at radius 1 is 1.21 bits per heavy atom. The lowest BCUT2D eigenvalue weighted by atomic mass is 10.0. The van der Waals surface area contributed by atoms with Gasteiger partial charge in [-0.1, -0.05) is 50.3 Å². The minimum absolute atomic E-state index is 0.119. The molecule has 0 fully saturated rings. The molecule has 3 heteroatoms. The Kier molecular flexibility index (Phi) is 6.61. The minimum atomic E-state index is -0.237. The molecule has 0 saturated carbocycles. The molecule has 0 amide bonds. The molecule has 0 N–H and O–H groups in total. The van der Waals surface area contributed by atoms with Crippen molar-refractivity contribution in [1.29, 1.82) is 0 Å². The summed E-state index contributed by atoms with van der Waals surface area (Å²) < 4.78 is 6.71. The molecule has 3 unspecified atom stereocenters. The summed E-state index contributed by atoms with van der Waals surface area (Å²) in [6.45, 7) is 12.7. The monoisotopic (exact) mass is 330 g/mol. The normalized spacial score (nSPS) is 19.6. The largest absolute Gasteiger partial charge is 0.459 e. The third-order valence-corrected chi connectivity index (χ3v) is 5.66. The maximum absolute atomic E-state index is 12.5. The molecule has 0 heterocycles. The van der Waals surface area contributed by atoms with E-state index in [4.69, 9.17) is 4.74 Å². The molecule has 0 radical (unpaired) electrons. The van der Waals surface area contributed by atoms with Crippen molar-refractivity contribution >= 4 is 12.0 Å². The van der Waals surface area contributed by atoms with E-state index in [-0.39, 0.29) is 11.9 Å². The summed E-state index contributed by atoms with van der Waals surface area (Å²) in [5.41, 5.74) is 2.19. The van der Waals surface area contributed by atoms with Crippen LogP contribution < -0.4 is 0 Å². The Bertz CT molecular complexity index is 581. The van der Waals surface area contributed by atoms with Gasteiger partial charge >= 0.3 is 5.97 Å². The second-order valence-corrected chi connectivity index (χ2v) is 6.87. The molecule has 1 aromatic rings. The SMILES string of the molecule is CCC[N+](CC)(CCOC(=O)C1C=Cc2ccccc21)C(C)CC. The van der Waals surface area contributed by atoms with E-state index in [1.54, 1.807) is 0 Å². The number of fused-ring (bicyclic) bond motifs is 1. The second-order valence-electron chi connectivity index (χ2n) is 6.87. The van der Waals surface area contributed by atoms with Crippen molar-refractivity contribution in [2.75, 3.05) is 26.2 Å². The molecule has 1 aliphatic rings. The van der Waals surface area contributed by atoms with Crippen molar-refractivity contribution in [2.24, 2.45) is 0 Å². The molecular formula is C21H32NO2+. The van der Waals surface area contributed by atoms with Gasteiger partial charge in [0.1, 0.15) is 19.1 Å². The molecule has 0 spiro atoms. The molecule has 1 aliphatic carbocycles. The Labute approximate surface area is 146 Å². The number of hydrogen-bond acceptors (Lipinski definition) is 2. The van der Waals surface area contributed by atoms with Crippen LogP contribution in [0.5, 0.6) is 0 Å². The summed E-state index contributed by atoms with van der Waals surface area (Å²) in [6, 6.07) is 8.64. The molecular weight excluding hydrogens is 298 g/mol. The number of rotatable bonds is 9. The van der Waals surface area contributed by atoms with Crippen molar-refractivity contribution in [1.82, 2.24) is 0 Å². The van der Waals surface area contributed by atoms with Crippen LogP contribution in [0.4, 0.5) is 0 Å². The topological polar surface area (TPSA) is 26.3 Å². The number of nitrogens with zero attached hydrogens (tertiary/aromatic N) is 1. The maximum atomic E-state index is 12.5. The predicted molar refractivity (Wildman–Crippen MR) is 99.8 cm³/mol. The van der Waals surface area contributed by atoms with Crippen LogP contribution in [-0.4, -0.2) is 42.7 Å². The highest BCUT2D eigenvalue weighted by Gasteiger charge is 2.31. The second kappa shape index (κ2) is 8.48. The molecule has 3 nitrogen and oxygen atoms in total. The lowest BCUT2D eigenvalue weighted by molar-refractivity contribution is -0.948. The molecule has 0 bridgehead atoms. The average molecular weight is 330 g/mol. The lowest BCUT2D eigenvalue weighted by Gasteiger charge is -2.42. The fourth-order valence-corrected chi connectivity index (χ4v) is 3.89. The van der Waals surface area contributed by atoms with Gasteiger partial charge in [-0.05, 0) is 37.8 Å². The van der Waals surface area contributed by atoms with E-state index in [2.05, 4.69) is 27.7 Å². The lowest BCUT2D eigenvalue weighted by Crippen LogP contribution is -2.56. The van der Waals surface area contributed by atoms with Crippen LogP contribution in [0, 0.1) is 0 Å². The van der Waals surface area contributed by atoms with Crippen molar-refractivity contribution in [3.05, 3.63) is 41.5 Å². The summed E-state index contributed by atoms with van der Waals surface area (Å²) in [5.74, 6) is -0.356. The van der Waals surface area contributed by atoms with Crippen LogP contribution in [0.1, 0.15) is 57.6 Å². The molecule has 0 aromatic heterocycles. The number of ether oxygens (including phenoxy) is 1. The van der Waals surface area contributed by atoms with E-state index >= 15 is 0 Å². The zero-order valence-electron chi connectivity index (χ0n) is 15.6. The van der Waals surface area contributed by atoms with Gasteiger partial charge in [0, 0.05) is 0 Å². The Balaban J connectivity index is 1.95. The van der Waals surface area contributed by atoms with Crippen molar-refractivity contribution in [2.45, 2.75) is 52.5 Å². The van der Waals surface area contributed by atoms with E-state index in [0.717, 1.165) is 48.1 Å². The molecule has 2 rings (SSSR count). The summed E-state index contributed by atoms with van der Waals surface area (Å²) >= 11 is 0. The van der Waals surface area contributed by atoms with Gasteiger partial charge in [0.15, 0.2) is 0 Å². The smallest absolute Gasteiger partial charge is 0.317 e. The fourth-order valence-electron chi connectivity index (χ4n) is 3.89. The quantitative estimate of drug-likeness (QED) is 0.496. The highest BCUT2D eigenvalue weighted by atomic mass is 16.5. The van der Waals surface area contributed by atoms with Gasteiger partial charge in [0.05, 0.1) is 19.1 Å². The van der Waals surface area contributed by atoms with Gasteiger partial charge in [0.2, 0.25) is 0 Å². The number of likely N-dealkylation sites (N-methyl/N-ethyl adjacent to an activating group) is 1. The number of esters is 1. The third-order valence-electron chi connectivity index (χ3n) is 5.66. The number of hydrogen-bond donors (Lipinski definition) is 0. The highest BCUT2D eigenvalue weighted by molar-refractivity contribution is 5.86. The van der Waals surface area contributed by atoms with E-state index in [1.807, 2.05) is 36.4 Å². The summed E-state index contributed by atoms with van der Waals surface area (Å²) in [7, 11) is 0. The average Bonchev–Trinajstić information content (AvgIpc) is 3.04. The predicted octanol–water partition coefficient (Wildman–Crippen LogP) is 4.39. The van der Waals surface area contributed by atoms with Crippen LogP contribution in [-0.2, 0) is 9.53 Å². The fraction of sp³-hybridized carbons (Fsp3) is 0.571. The van der Waals surface area contributed by atoms with Crippen LogP contribution in [0.25, 0.3) is 6.08 Å². The Morgan fingerprint density at radius 2 is 1.96 bits per heavy atom. The number of quaternary nitrogens is 1. The standard InChI is InChI=1S/C21H32NO2/c1-5-14-22(7-3,17(4)6-2)15-16-24-21(23)20-13-12-18-10-8-9-11-19(18)20/h8-13,17,20H,5-7,14-16H2,1-4H3/q+1. The zero-order chi connectivity index (χ0) is 17.6. The Hall–Kier alpha value is -1.61. The minimum Gasteiger partial charge on any atom is -0.459 e. The van der Waals surface area contributed by atoms with Crippen LogP contribution in [0.3, 0.4) is 0 Å². The van der Waals surface area contributed by atoms with Crippen molar-refractivity contribution < 1.29 is 14.0 Å². The molecule has 0 aliphatic heterocycles. The van der Waals surface area contributed by atoms with Crippen LogP contribution >= 0.6 is 0 Å². The van der Waals surface area contributed by atoms with E-state index in [9.17, 15) is 4.79 Å². The van der Waals surface area contributed by atoms with Gasteiger partial charge in [-0.3, -0.25) is 4.79 Å². The summed E-state index contributed by atoms with van der Waals surface area (Å²) in [5, 5.41) is 0. The van der Waals surface area contributed by atoms with Crippen molar-refractivity contribution in [3.63, 3.8) is 0 Å². The van der Waals surface area contributed by atoms with E-state index < -0.39 is 0 Å². The van der Waals surface area contributed by atoms with Crippen LogP contribution in [0.15, 0.2) is 30.3 Å². The first-order valence-corrected chi connectivity index (χ1v) is 9.37. The van der Waals surface area contributed by atoms with Gasteiger partial charge in [-0.25, -0.2) is 0 Å². The summed E-state index contributed by atoms with van der Waals surface area (Å²) in [6.07, 6.45) is 6.28. The highest BCUT2D eigenvalue weighted by Crippen LogP contribution is 2.30. The molecule has 24 heavy (non-hydrogen) atoms. The first kappa shape index (κ1) is 18.7. The van der Waals surface area contributed by atoms with Gasteiger partial charge < -0.3 is 9.22 Å². The third kappa shape index (κ3) is 3.89. The number of carbonyl (C=O) groups excluding carboxylic acids is 1. The Morgan fingerprint density at radius 3 is 2.62 bits per heavy atom. The van der Waals surface area contributed by atoms with E-state index in [1.165, 1.54) is 0 Å². The van der Waals surface area contributed by atoms with Gasteiger partial charge in [0.25, 0.3) is 0 Å². The number of benzene rings is 1. The molecule has 0 saturated heterocycles. The van der Waals surface area contributed by atoms with Gasteiger partial charge in [-0.15, -0.1) is 0 Å². The first-order valence-electron chi connectivity index (χ1n) is 9.37. The van der Waals surface area contributed by atoms with Crippen molar-refractivity contribution in [3.8, 4) is 0 Å². The van der Waals surface area contributed by atoms with Gasteiger partial charge in [-0.2, -0.15) is 0 Å². The number of carbonyl (C=O) groups is 1. The molecule has 1 aromatic carbocycles. The first-order chi connectivity index (χ1) is 11.6. The zero-order valence-corrected chi connectivity index (χ0v) is 15.6.